The first-order chi connectivity index (χ1) is 13.1. The summed E-state index contributed by atoms with van der Waals surface area (Å²) in [5, 5.41) is 1.33. The molecule has 0 saturated carbocycles. The molecule has 27 heavy (non-hydrogen) atoms. The van der Waals surface area contributed by atoms with Gasteiger partial charge in [-0.1, -0.05) is 24.3 Å². The van der Waals surface area contributed by atoms with E-state index in [4.69, 9.17) is 0 Å². The number of H-pyrrole nitrogens is 1. The van der Waals surface area contributed by atoms with E-state index in [0.29, 0.717) is 30.6 Å². The molecule has 2 saturated heterocycles. The molecule has 6 heteroatoms. The molecule has 2 aliphatic heterocycles. The zero-order valence-electron chi connectivity index (χ0n) is 15.2. The Labute approximate surface area is 157 Å². The van der Waals surface area contributed by atoms with E-state index in [-0.39, 0.29) is 29.5 Å². The first-order valence-corrected chi connectivity index (χ1v) is 9.42. The molecule has 0 radical (unpaired) electrons. The summed E-state index contributed by atoms with van der Waals surface area (Å²) in [6.45, 7) is 4.76. The van der Waals surface area contributed by atoms with Crippen molar-refractivity contribution >= 4 is 22.6 Å². The van der Waals surface area contributed by atoms with E-state index in [2.05, 4.69) is 11.6 Å². The molecule has 1 N–H and O–H groups in total. The predicted molar refractivity (Wildman–Crippen MR) is 104 cm³/mol. The number of aromatic nitrogens is 1. The Hall–Kier alpha value is -2.89. The number of carbonyl (C=O) groups excluding carboxylic acids is 2. The van der Waals surface area contributed by atoms with Gasteiger partial charge in [-0.15, -0.1) is 6.58 Å². The molecule has 2 aromatic rings. The van der Waals surface area contributed by atoms with Crippen molar-refractivity contribution in [2.75, 3.05) is 13.1 Å². The molecule has 2 fully saturated rings. The zero-order valence-corrected chi connectivity index (χ0v) is 15.2. The quantitative estimate of drug-likeness (QED) is 0.849. The highest BCUT2D eigenvalue weighted by atomic mass is 16.2. The summed E-state index contributed by atoms with van der Waals surface area (Å²) < 4.78 is 0. The van der Waals surface area contributed by atoms with E-state index < -0.39 is 0 Å². The van der Waals surface area contributed by atoms with Crippen LogP contribution >= 0.6 is 0 Å². The Morgan fingerprint density at radius 2 is 1.96 bits per heavy atom. The normalized spacial score (nSPS) is 21.9. The molecule has 1 aromatic carbocycles. The van der Waals surface area contributed by atoms with Crippen LogP contribution in [0.1, 0.15) is 36.2 Å². The van der Waals surface area contributed by atoms with Crippen LogP contribution in [0.15, 0.2) is 47.8 Å². The van der Waals surface area contributed by atoms with Gasteiger partial charge in [-0.05, 0) is 36.8 Å². The van der Waals surface area contributed by atoms with Gasteiger partial charge in [0.15, 0.2) is 0 Å². The maximum atomic E-state index is 13.1. The number of nitrogens with one attached hydrogen (secondary N) is 1. The number of likely N-dealkylation sites (tertiary alicyclic amines) is 1. The summed E-state index contributed by atoms with van der Waals surface area (Å²) in [6.07, 6.45) is 4.63. The highest BCUT2D eigenvalue weighted by Crippen LogP contribution is 2.31. The average Bonchev–Trinajstić information content (AvgIpc) is 2.95. The van der Waals surface area contributed by atoms with Gasteiger partial charge in [-0.25, -0.2) is 0 Å². The highest BCUT2D eigenvalue weighted by molar-refractivity contribution is 5.96. The molecule has 2 bridgehead atoms. The van der Waals surface area contributed by atoms with Crippen LogP contribution in [0.3, 0.4) is 0 Å². The first kappa shape index (κ1) is 17.5. The third-order valence-corrected chi connectivity index (χ3v) is 5.66. The van der Waals surface area contributed by atoms with Gasteiger partial charge in [0.25, 0.3) is 11.5 Å². The Balaban J connectivity index is 1.59. The number of rotatable bonds is 3. The lowest BCUT2D eigenvalue weighted by atomic mass is 10.1. The number of pyridine rings is 1. The number of nitrogens with zero attached hydrogens (tertiary/aromatic N) is 2. The number of carbonyl (C=O) groups is 2. The van der Waals surface area contributed by atoms with Gasteiger partial charge in [-0.2, -0.15) is 0 Å². The third-order valence-electron chi connectivity index (χ3n) is 5.66. The number of hydrogen-bond donors (Lipinski definition) is 1. The number of fused-ring (bicyclic) bond motifs is 3. The summed E-state index contributed by atoms with van der Waals surface area (Å²) in [6, 6.07) is 9.21. The van der Waals surface area contributed by atoms with Gasteiger partial charge in [0.1, 0.15) is 5.69 Å². The fraction of sp³-hybridized carbons (Fsp3) is 0.381. The minimum atomic E-state index is -0.254. The molecule has 2 amide bonds. The van der Waals surface area contributed by atoms with Crippen molar-refractivity contribution in [1.82, 2.24) is 14.8 Å². The van der Waals surface area contributed by atoms with Crippen molar-refractivity contribution < 1.29 is 9.59 Å². The molecule has 4 rings (SSSR count). The molecule has 2 unspecified atom stereocenters. The van der Waals surface area contributed by atoms with Crippen LogP contribution in [0, 0.1) is 0 Å². The van der Waals surface area contributed by atoms with Crippen LogP contribution in [-0.2, 0) is 4.79 Å². The maximum Gasteiger partial charge on any atom is 0.270 e. The van der Waals surface area contributed by atoms with Gasteiger partial charge in [0.2, 0.25) is 5.91 Å². The van der Waals surface area contributed by atoms with Crippen LogP contribution in [0.25, 0.3) is 10.8 Å². The highest BCUT2D eigenvalue weighted by Gasteiger charge is 2.40. The molecule has 140 valence electrons. The Bertz CT molecular complexity index is 965. The fourth-order valence-electron chi connectivity index (χ4n) is 4.39. The van der Waals surface area contributed by atoms with Crippen molar-refractivity contribution in [3.05, 3.63) is 59.0 Å². The van der Waals surface area contributed by atoms with E-state index in [1.165, 1.54) is 0 Å². The molecule has 3 heterocycles. The second-order valence-electron chi connectivity index (χ2n) is 7.32. The molecular weight excluding hydrogens is 342 g/mol. The van der Waals surface area contributed by atoms with E-state index in [1.54, 1.807) is 29.2 Å². The summed E-state index contributed by atoms with van der Waals surface area (Å²) in [5.74, 6) is -0.0903. The monoisotopic (exact) mass is 365 g/mol. The predicted octanol–water partition coefficient (Wildman–Crippen LogP) is 2.31. The smallest absolute Gasteiger partial charge is 0.270 e. The lowest BCUT2D eigenvalue weighted by Gasteiger charge is -2.28. The number of amides is 2. The van der Waals surface area contributed by atoms with E-state index in [1.807, 2.05) is 17.0 Å². The molecule has 2 atom stereocenters. The third kappa shape index (κ3) is 3.16. The van der Waals surface area contributed by atoms with Crippen LogP contribution in [0.5, 0.6) is 0 Å². The number of aromatic amines is 1. The number of benzene rings is 1. The zero-order chi connectivity index (χ0) is 19.0. The average molecular weight is 365 g/mol. The fourth-order valence-corrected chi connectivity index (χ4v) is 4.39. The maximum absolute atomic E-state index is 13.1. The van der Waals surface area contributed by atoms with Gasteiger partial charge in [0, 0.05) is 37.0 Å². The largest absolute Gasteiger partial charge is 0.335 e. The summed E-state index contributed by atoms with van der Waals surface area (Å²) in [5.41, 5.74) is 0.0519. The van der Waals surface area contributed by atoms with E-state index >= 15 is 0 Å². The van der Waals surface area contributed by atoms with Gasteiger partial charge < -0.3 is 14.8 Å². The van der Waals surface area contributed by atoms with Gasteiger partial charge in [0.05, 0.1) is 0 Å². The van der Waals surface area contributed by atoms with Crippen LogP contribution in [0.4, 0.5) is 0 Å². The molecule has 0 spiro atoms. The standard InChI is InChI=1S/C21H23N3O3/c1-2-5-19(25)24-15-8-9-16(24)13-23(11-10-15)21(27)18-12-14-6-3-4-7-17(14)20(26)22-18/h2-4,6-7,12,15-16H,1,5,8-11,13H2,(H,22,26). The lowest BCUT2D eigenvalue weighted by Crippen LogP contribution is -2.44. The summed E-state index contributed by atoms with van der Waals surface area (Å²) in [4.78, 5) is 44.3. The molecule has 2 aliphatic rings. The molecular formula is C21H23N3O3. The SMILES string of the molecule is C=CCC(=O)N1C2CCC1CN(C(=O)c1cc3ccccc3c(=O)[nH]1)CC2. The van der Waals surface area contributed by atoms with E-state index in [9.17, 15) is 14.4 Å². The lowest BCUT2D eigenvalue weighted by molar-refractivity contribution is -0.132. The Morgan fingerprint density at radius 1 is 1.19 bits per heavy atom. The molecule has 6 nitrogen and oxygen atoms in total. The van der Waals surface area contributed by atoms with Crippen molar-refractivity contribution in [2.24, 2.45) is 0 Å². The molecule has 1 aromatic heterocycles. The summed E-state index contributed by atoms with van der Waals surface area (Å²) in [7, 11) is 0. The minimum absolute atomic E-state index is 0.0427. The van der Waals surface area contributed by atoms with Crippen LogP contribution in [0.2, 0.25) is 0 Å². The van der Waals surface area contributed by atoms with E-state index in [0.717, 1.165) is 24.6 Å². The Kier molecular flexibility index (Phi) is 4.56. The number of hydrogen-bond acceptors (Lipinski definition) is 3. The van der Waals surface area contributed by atoms with Gasteiger partial charge >= 0.3 is 0 Å². The van der Waals surface area contributed by atoms with Crippen molar-refractivity contribution in [3.8, 4) is 0 Å². The minimum Gasteiger partial charge on any atom is -0.335 e. The van der Waals surface area contributed by atoms with Gasteiger partial charge in [-0.3, -0.25) is 14.4 Å². The van der Waals surface area contributed by atoms with Crippen LogP contribution < -0.4 is 5.56 Å². The van der Waals surface area contributed by atoms with Crippen molar-refractivity contribution in [3.63, 3.8) is 0 Å². The second kappa shape index (κ2) is 7.02. The topological polar surface area (TPSA) is 73.5 Å². The Morgan fingerprint density at radius 3 is 2.78 bits per heavy atom. The first-order valence-electron chi connectivity index (χ1n) is 9.42. The second-order valence-corrected chi connectivity index (χ2v) is 7.32. The molecule has 0 aliphatic carbocycles. The van der Waals surface area contributed by atoms with Crippen molar-refractivity contribution in [2.45, 2.75) is 37.8 Å². The van der Waals surface area contributed by atoms with Crippen LogP contribution in [-0.4, -0.2) is 51.8 Å². The van der Waals surface area contributed by atoms with Crippen molar-refractivity contribution in [1.29, 1.82) is 0 Å². The summed E-state index contributed by atoms with van der Waals surface area (Å²) >= 11 is 0.